The number of carbonyl (C=O) groups excluding carboxylic acids is 2. The van der Waals surface area contributed by atoms with Crippen molar-refractivity contribution in [2.24, 2.45) is 0 Å². The van der Waals surface area contributed by atoms with E-state index in [0.29, 0.717) is 39.1 Å². The molecule has 164 valence electrons. The molecule has 1 aliphatic heterocycles. The van der Waals surface area contributed by atoms with Gasteiger partial charge in [0.25, 0.3) is 0 Å². The minimum Gasteiger partial charge on any atom is -0.465 e. The number of methoxy groups -OCH3 is 1. The van der Waals surface area contributed by atoms with Crippen LogP contribution in [-0.2, 0) is 9.53 Å². The van der Waals surface area contributed by atoms with Crippen LogP contribution in [-0.4, -0.2) is 39.9 Å². The second-order valence-corrected chi connectivity index (χ2v) is 8.13. The maximum absolute atomic E-state index is 13.1. The number of carbonyl (C=O) groups is 2. The monoisotopic (exact) mass is 450 g/mol. The van der Waals surface area contributed by atoms with E-state index in [1.807, 2.05) is 31.2 Å². The highest BCUT2D eigenvalue weighted by Crippen LogP contribution is 2.43. The Balaban J connectivity index is 1.89. The number of rotatable bonds is 5. The number of benzene rings is 2. The number of hydrogen-bond acceptors (Lipinski definition) is 8. The first-order valence-corrected chi connectivity index (χ1v) is 11.2. The Labute approximate surface area is 190 Å². The van der Waals surface area contributed by atoms with Gasteiger partial charge in [0.1, 0.15) is 0 Å². The van der Waals surface area contributed by atoms with Crippen molar-refractivity contribution >= 4 is 29.3 Å². The van der Waals surface area contributed by atoms with Crippen molar-refractivity contribution in [3.8, 4) is 17.1 Å². The highest BCUT2D eigenvalue weighted by atomic mass is 32.2. The average molecular weight is 451 g/mol. The van der Waals surface area contributed by atoms with Crippen LogP contribution in [0.5, 0.6) is 5.88 Å². The van der Waals surface area contributed by atoms with Crippen LogP contribution >= 0.6 is 11.8 Å². The Morgan fingerprint density at radius 1 is 1.09 bits per heavy atom. The van der Waals surface area contributed by atoms with Gasteiger partial charge in [-0.05, 0) is 24.0 Å². The SMILES string of the molecule is CCSc1nnc2c(n1)O[C@H](c1ccc(C(=O)OC)cc1)N(C(=O)CC)c1ccccc1-2. The molecule has 0 saturated heterocycles. The molecule has 32 heavy (non-hydrogen) atoms. The quantitative estimate of drug-likeness (QED) is 0.420. The summed E-state index contributed by atoms with van der Waals surface area (Å²) >= 11 is 1.46. The Bertz CT molecular complexity index is 1150. The average Bonchev–Trinajstić information content (AvgIpc) is 2.98. The van der Waals surface area contributed by atoms with Gasteiger partial charge >= 0.3 is 5.97 Å². The molecule has 8 nitrogen and oxygen atoms in total. The summed E-state index contributed by atoms with van der Waals surface area (Å²) in [6, 6.07) is 14.2. The van der Waals surface area contributed by atoms with Crippen LogP contribution in [0.2, 0.25) is 0 Å². The van der Waals surface area contributed by atoms with E-state index in [4.69, 9.17) is 9.47 Å². The third kappa shape index (κ3) is 4.03. The molecule has 1 aromatic heterocycles. The first-order chi connectivity index (χ1) is 15.6. The topological polar surface area (TPSA) is 94.5 Å². The molecule has 1 aliphatic rings. The van der Waals surface area contributed by atoms with Crippen LogP contribution in [0.4, 0.5) is 5.69 Å². The summed E-state index contributed by atoms with van der Waals surface area (Å²) < 4.78 is 11.1. The Kier molecular flexibility index (Phi) is 6.36. The molecule has 4 rings (SSSR count). The second kappa shape index (κ2) is 9.35. The fourth-order valence-corrected chi connectivity index (χ4v) is 3.97. The Morgan fingerprint density at radius 2 is 1.84 bits per heavy atom. The maximum atomic E-state index is 13.1. The molecule has 9 heteroatoms. The highest BCUT2D eigenvalue weighted by Gasteiger charge is 2.35. The van der Waals surface area contributed by atoms with Crippen molar-refractivity contribution in [1.82, 2.24) is 15.2 Å². The Hall–Kier alpha value is -3.46. The van der Waals surface area contributed by atoms with E-state index in [-0.39, 0.29) is 12.3 Å². The number of anilines is 1. The molecule has 0 bridgehead atoms. The molecule has 0 fully saturated rings. The lowest BCUT2D eigenvalue weighted by atomic mass is 10.1. The molecular weight excluding hydrogens is 428 g/mol. The minimum absolute atomic E-state index is 0.122. The van der Waals surface area contributed by atoms with E-state index >= 15 is 0 Å². The summed E-state index contributed by atoms with van der Waals surface area (Å²) in [5, 5.41) is 9.09. The molecular formula is C23H22N4O4S. The normalized spacial score (nSPS) is 14.6. The second-order valence-electron chi connectivity index (χ2n) is 6.90. The molecule has 1 amide bonds. The van der Waals surface area contributed by atoms with Gasteiger partial charge in [-0.15, -0.1) is 10.2 Å². The van der Waals surface area contributed by atoms with Gasteiger partial charge in [-0.1, -0.05) is 55.9 Å². The lowest BCUT2D eigenvalue weighted by Crippen LogP contribution is -2.37. The van der Waals surface area contributed by atoms with Gasteiger partial charge in [0.15, 0.2) is 5.69 Å². The fraction of sp³-hybridized carbons (Fsp3) is 0.261. The van der Waals surface area contributed by atoms with E-state index < -0.39 is 12.2 Å². The molecule has 3 aromatic rings. The van der Waals surface area contributed by atoms with Crippen LogP contribution < -0.4 is 9.64 Å². The van der Waals surface area contributed by atoms with Crippen molar-refractivity contribution in [2.75, 3.05) is 17.8 Å². The summed E-state index contributed by atoms with van der Waals surface area (Å²) in [6.45, 7) is 3.80. The van der Waals surface area contributed by atoms with Crippen molar-refractivity contribution in [2.45, 2.75) is 31.7 Å². The zero-order valence-corrected chi connectivity index (χ0v) is 18.8. The molecule has 0 saturated carbocycles. The number of nitrogens with zero attached hydrogens (tertiary/aromatic N) is 4. The molecule has 1 atom stereocenters. The molecule has 0 N–H and O–H groups in total. The van der Waals surface area contributed by atoms with Crippen LogP contribution in [0, 0.1) is 0 Å². The summed E-state index contributed by atoms with van der Waals surface area (Å²) in [4.78, 5) is 31.2. The van der Waals surface area contributed by atoms with Gasteiger partial charge in [-0.25, -0.2) is 4.79 Å². The number of thioether (sulfide) groups is 1. The van der Waals surface area contributed by atoms with Crippen LogP contribution in [0.3, 0.4) is 0 Å². The fourth-order valence-electron chi connectivity index (χ4n) is 3.46. The molecule has 0 aliphatic carbocycles. The van der Waals surface area contributed by atoms with E-state index in [9.17, 15) is 9.59 Å². The van der Waals surface area contributed by atoms with Gasteiger partial charge in [-0.2, -0.15) is 4.98 Å². The van der Waals surface area contributed by atoms with Crippen molar-refractivity contribution < 1.29 is 19.1 Å². The molecule has 0 radical (unpaired) electrons. The standard InChI is InChI=1S/C23H22N4O4S/c1-4-18(28)27-17-9-7-6-8-16(17)19-20(24-23(26-25-19)32-5-2)31-21(27)14-10-12-15(13-11-14)22(29)30-3/h6-13,21H,4-5H2,1-3H3/t21-/m1/s1. The van der Waals surface area contributed by atoms with E-state index in [2.05, 4.69) is 15.2 Å². The largest absolute Gasteiger partial charge is 0.465 e. The predicted octanol–water partition coefficient (Wildman–Crippen LogP) is 4.27. The first kappa shape index (κ1) is 21.8. The smallest absolute Gasteiger partial charge is 0.337 e. The van der Waals surface area contributed by atoms with Crippen LogP contribution in [0.15, 0.2) is 53.7 Å². The van der Waals surface area contributed by atoms with Crippen molar-refractivity contribution in [3.63, 3.8) is 0 Å². The predicted molar refractivity (Wildman–Crippen MR) is 121 cm³/mol. The lowest BCUT2D eigenvalue weighted by molar-refractivity contribution is -0.120. The molecule has 0 unspecified atom stereocenters. The lowest BCUT2D eigenvalue weighted by Gasteiger charge is -2.30. The number of esters is 1. The van der Waals surface area contributed by atoms with Crippen molar-refractivity contribution in [3.05, 3.63) is 59.7 Å². The number of aromatic nitrogens is 3. The highest BCUT2D eigenvalue weighted by molar-refractivity contribution is 7.99. The number of amides is 1. The summed E-state index contributed by atoms with van der Waals surface area (Å²) in [7, 11) is 1.33. The number of ether oxygens (including phenoxy) is 2. The van der Waals surface area contributed by atoms with Crippen molar-refractivity contribution in [1.29, 1.82) is 0 Å². The first-order valence-electron chi connectivity index (χ1n) is 10.2. The van der Waals surface area contributed by atoms with Crippen LogP contribution in [0.1, 0.15) is 42.4 Å². The van der Waals surface area contributed by atoms with E-state index in [0.717, 1.165) is 5.75 Å². The number of para-hydroxylation sites is 1. The number of fused-ring (bicyclic) bond motifs is 3. The number of hydrogen-bond donors (Lipinski definition) is 0. The van der Waals surface area contributed by atoms with Gasteiger partial charge in [-0.3, -0.25) is 9.69 Å². The van der Waals surface area contributed by atoms with Gasteiger partial charge in [0.05, 0.1) is 18.4 Å². The maximum Gasteiger partial charge on any atom is 0.337 e. The molecule has 2 heterocycles. The van der Waals surface area contributed by atoms with Gasteiger partial charge in [0.2, 0.25) is 23.2 Å². The zero-order chi connectivity index (χ0) is 22.7. The third-order valence-electron chi connectivity index (χ3n) is 4.97. The minimum atomic E-state index is -0.798. The van der Waals surface area contributed by atoms with Gasteiger partial charge in [0, 0.05) is 17.5 Å². The molecule has 0 spiro atoms. The Morgan fingerprint density at radius 3 is 2.53 bits per heavy atom. The molecule has 2 aromatic carbocycles. The van der Waals surface area contributed by atoms with Gasteiger partial charge < -0.3 is 9.47 Å². The third-order valence-corrected chi connectivity index (χ3v) is 5.69. The summed E-state index contributed by atoms with van der Waals surface area (Å²) in [5.41, 5.74) is 2.94. The van der Waals surface area contributed by atoms with E-state index in [1.54, 1.807) is 36.1 Å². The van der Waals surface area contributed by atoms with E-state index in [1.165, 1.54) is 18.9 Å². The summed E-state index contributed by atoms with van der Waals surface area (Å²) in [5.74, 6) is 0.532. The summed E-state index contributed by atoms with van der Waals surface area (Å²) in [6.07, 6.45) is -0.520. The zero-order valence-electron chi connectivity index (χ0n) is 17.9. The van der Waals surface area contributed by atoms with Crippen LogP contribution in [0.25, 0.3) is 11.3 Å².